The van der Waals surface area contributed by atoms with Crippen LogP contribution in [0.1, 0.15) is 10.5 Å². The number of halogens is 1. The van der Waals surface area contributed by atoms with Crippen LogP contribution in [0, 0.1) is 5.82 Å². The van der Waals surface area contributed by atoms with Gasteiger partial charge in [0.1, 0.15) is 11.5 Å². The Balaban J connectivity index is 2.49. The molecule has 1 aromatic heterocycles. The summed E-state index contributed by atoms with van der Waals surface area (Å²) in [6.45, 7) is 0. The van der Waals surface area contributed by atoms with Crippen molar-refractivity contribution in [2.45, 2.75) is 0 Å². The minimum atomic E-state index is -0.546. The van der Waals surface area contributed by atoms with E-state index in [1.807, 2.05) is 0 Å². The number of carbonyl (C=O) groups excluding carboxylic acids is 1. The molecule has 0 saturated carbocycles. The van der Waals surface area contributed by atoms with E-state index in [-0.39, 0.29) is 11.4 Å². The van der Waals surface area contributed by atoms with Gasteiger partial charge in [0, 0.05) is 31.6 Å². The predicted molar refractivity (Wildman–Crippen MR) is 72.3 cm³/mol. The molecule has 20 heavy (non-hydrogen) atoms. The topological polar surface area (TPSA) is 64.0 Å². The lowest BCUT2D eigenvalue weighted by molar-refractivity contribution is 0.103. The molecule has 2 rings (SSSR count). The molecule has 0 aliphatic carbocycles. The van der Waals surface area contributed by atoms with Crippen molar-refractivity contribution in [3.8, 4) is 5.69 Å². The number of ketones is 1. The highest BCUT2D eigenvalue weighted by atomic mass is 19.1. The lowest BCUT2D eigenvalue weighted by Crippen LogP contribution is -2.20. The summed E-state index contributed by atoms with van der Waals surface area (Å²) in [5.74, 6) is -1.04. The maximum atomic E-state index is 13.7. The van der Waals surface area contributed by atoms with Gasteiger partial charge in [-0.1, -0.05) is 12.1 Å². The summed E-state index contributed by atoms with van der Waals surface area (Å²) in [7, 11) is 1.62. The lowest BCUT2D eigenvalue weighted by atomic mass is 10.2. The van der Waals surface area contributed by atoms with Crippen molar-refractivity contribution in [3.05, 3.63) is 70.5 Å². The molecule has 0 atom stereocenters. The zero-order chi connectivity index (χ0) is 14.5. The molecule has 1 N–H and O–H groups in total. The number of nitrogens with one attached hydrogen (secondary N) is 1. The van der Waals surface area contributed by atoms with Crippen molar-refractivity contribution in [1.82, 2.24) is 15.1 Å². The molecule has 0 fully saturated rings. The molecule has 0 aliphatic heterocycles. The second kappa shape index (κ2) is 5.92. The van der Waals surface area contributed by atoms with E-state index in [0.717, 1.165) is 4.68 Å². The lowest BCUT2D eigenvalue weighted by Gasteiger charge is -2.06. The molecule has 0 amide bonds. The summed E-state index contributed by atoms with van der Waals surface area (Å²) in [4.78, 5) is 23.4. The van der Waals surface area contributed by atoms with Crippen LogP contribution >= 0.6 is 0 Å². The van der Waals surface area contributed by atoms with Crippen LogP contribution in [0.25, 0.3) is 5.69 Å². The molecule has 0 bridgehead atoms. The molecule has 0 radical (unpaired) electrons. The van der Waals surface area contributed by atoms with E-state index in [9.17, 15) is 14.0 Å². The van der Waals surface area contributed by atoms with Gasteiger partial charge in [0.15, 0.2) is 5.69 Å². The molecule has 6 heteroatoms. The molecule has 102 valence electrons. The Hall–Kier alpha value is -2.76. The van der Waals surface area contributed by atoms with Gasteiger partial charge in [0.05, 0.1) is 0 Å². The van der Waals surface area contributed by atoms with Gasteiger partial charge < -0.3 is 5.32 Å². The van der Waals surface area contributed by atoms with Crippen LogP contribution in [0.2, 0.25) is 0 Å². The average molecular weight is 273 g/mol. The molecule has 2 aromatic rings. The number of nitrogens with zero attached hydrogens (tertiary/aromatic N) is 2. The summed E-state index contributed by atoms with van der Waals surface area (Å²) in [6.07, 6.45) is 3.90. The molecular weight excluding hydrogens is 261 g/mol. The molecule has 0 saturated heterocycles. The van der Waals surface area contributed by atoms with Gasteiger partial charge in [-0.3, -0.25) is 9.59 Å². The normalized spacial score (nSPS) is 10.7. The zero-order valence-corrected chi connectivity index (χ0v) is 10.7. The predicted octanol–water partition coefficient (Wildman–Crippen LogP) is 1.29. The monoisotopic (exact) mass is 273 g/mol. The van der Waals surface area contributed by atoms with E-state index < -0.39 is 17.0 Å². The number of aromatic nitrogens is 2. The quantitative estimate of drug-likeness (QED) is 0.673. The van der Waals surface area contributed by atoms with E-state index in [1.54, 1.807) is 19.2 Å². The Morgan fingerprint density at radius 1 is 1.35 bits per heavy atom. The third-order valence-corrected chi connectivity index (χ3v) is 2.54. The summed E-state index contributed by atoms with van der Waals surface area (Å²) in [6, 6.07) is 7.14. The van der Waals surface area contributed by atoms with Gasteiger partial charge in [-0.2, -0.15) is 5.10 Å². The maximum absolute atomic E-state index is 13.7. The number of rotatable bonds is 4. The number of carbonyl (C=O) groups is 1. The third kappa shape index (κ3) is 2.80. The van der Waals surface area contributed by atoms with Gasteiger partial charge in [0.25, 0.3) is 0 Å². The Kier molecular flexibility index (Phi) is 4.05. The Labute approximate surface area is 114 Å². The summed E-state index contributed by atoms with van der Waals surface area (Å²) >= 11 is 0. The highest BCUT2D eigenvalue weighted by Gasteiger charge is 2.11. The van der Waals surface area contributed by atoms with Gasteiger partial charge in [-0.25, -0.2) is 9.07 Å². The molecular formula is C14H12FN3O2. The molecule has 0 unspecified atom stereocenters. The van der Waals surface area contributed by atoms with Crippen LogP contribution in [-0.4, -0.2) is 22.6 Å². The van der Waals surface area contributed by atoms with Crippen molar-refractivity contribution in [3.63, 3.8) is 0 Å². The smallest absolute Gasteiger partial charge is 0.211 e. The van der Waals surface area contributed by atoms with Crippen LogP contribution < -0.4 is 10.7 Å². The molecule has 1 aromatic carbocycles. The molecule has 5 nitrogen and oxygen atoms in total. The Bertz CT molecular complexity index is 722. The average Bonchev–Trinajstić information content (AvgIpc) is 2.46. The minimum absolute atomic E-state index is 0.166. The van der Waals surface area contributed by atoms with Crippen LogP contribution in [-0.2, 0) is 0 Å². The first-order valence-corrected chi connectivity index (χ1v) is 5.86. The van der Waals surface area contributed by atoms with Crippen molar-refractivity contribution in [1.29, 1.82) is 0 Å². The maximum Gasteiger partial charge on any atom is 0.211 e. The zero-order valence-electron chi connectivity index (χ0n) is 10.7. The number of hydrogen-bond donors (Lipinski definition) is 1. The SMILES string of the molecule is CNC=CC(=O)c1nn(-c2ccccc2F)ccc1=O. The van der Waals surface area contributed by atoms with Gasteiger partial charge in [0.2, 0.25) is 11.2 Å². The first kappa shape index (κ1) is 13.7. The highest BCUT2D eigenvalue weighted by molar-refractivity contribution is 6.02. The van der Waals surface area contributed by atoms with E-state index in [4.69, 9.17) is 0 Å². The standard InChI is InChI=1S/C14H12FN3O2/c1-16-8-6-12(19)14-13(20)7-9-18(17-14)11-5-3-2-4-10(11)15/h2-9,16H,1H3. The second-order valence-corrected chi connectivity index (χ2v) is 3.91. The van der Waals surface area contributed by atoms with Crippen LogP contribution in [0.5, 0.6) is 0 Å². The summed E-state index contributed by atoms with van der Waals surface area (Å²) in [5, 5.41) is 6.54. The number of allylic oxidation sites excluding steroid dienone is 1. The third-order valence-electron chi connectivity index (χ3n) is 2.54. The fourth-order valence-electron chi connectivity index (χ4n) is 1.59. The fourth-order valence-corrected chi connectivity index (χ4v) is 1.59. The van der Waals surface area contributed by atoms with E-state index in [1.165, 1.54) is 36.7 Å². The number of hydrogen-bond acceptors (Lipinski definition) is 4. The number of para-hydroxylation sites is 1. The highest BCUT2D eigenvalue weighted by Crippen LogP contribution is 2.10. The van der Waals surface area contributed by atoms with E-state index in [0.29, 0.717) is 0 Å². The van der Waals surface area contributed by atoms with Gasteiger partial charge in [-0.15, -0.1) is 0 Å². The minimum Gasteiger partial charge on any atom is -0.394 e. The summed E-state index contributed by atoms with van der Waals surface area (Å²) < 4.78 is 14.8. The van der Waals surface area contributed by atoms with E-state index >= 15 is 0 Å². The van der Waals surface area contributed by atoms with Crippen LogP contribution in [0.4, 0.5) is 4.39 Å². The molecule has 0 aliphatic rings. The molecule has 1 heterocycles. The van der Waals surface area contributed by atoms with Crippen molar-refractivity contribution in [2.75, 3.05) is 7.05 Å². The number of benzene rings is 1. The van der Waals surface area contributed by atoms with Crippen LogP contribution in [0.15, 0.2) is 53.6 Å². The first-order chi connectivity index (χ1) is 9.63. The van der Waals surface area contributed by atoms with E-state index in [2.05, 4.69) is 10.4 Å². The largest absolute Gasteiger partial charge is 0.394 e. The van der Waals surface area contributed by atoms with Gasteiger partial charge >= 0.3 is 0 Å². The molecule has 0 spiro atoms. The summed E-state index contributed by atoms with van der Waals surface area (Å²) in [5.41, 5.74) is -0.607. The van der Waals surface area contributed by atoms with Gasteiger partial charge in [-0.05, 0) is 12.1 Å². The van der Waals surface area contributed by atoms with Crippen molar-refractivity contribution in [2.24, 2.45) is 0 Å². The second-order valence-electron chi connectivity index (χ2n) is 3.91. The van der Waals surface area contributed by atoms with Crippen LogP contribution in [0.3, 0.4) is 0 Å². The first-order valence-electron chi connectivity index (χ1n) is 5.86. The van der Waals surface area contributed by atoms with Crippen molar-refractivity contribution >= 4 is 5.78 Å². The Morgan fingerprint density at radius 2 is 2.10 bits per heavy atom. The van der Waals surface area contributed by atoms with Crippen molar-refractivity contribution < 1.29 is 9.18 Å². The Morgan fingerprint density at radius 3 is 2.80 bits per heavy atom. The fraction of sp³-hybridized carbons (Fsp3) is 0.0714.